The van der Waals surface area contributed by atoms with Crippen LogP contribution in [-0.4, -0.2) is 34.1 Å². The van der Waals surface area contributed by atoms with Crippen LogP contribution in [0, 0.1) is 12.8 Å². The van der Waals surface area contributed by atoms with Gasteiger partial charge in [-0.3, -0.25) is 19.5 Å². The maximum absolute atomic E-state index is 11.6. The van der Waals surface area contributed by atoms with E-state index >= 15 is 0 Å². The van der Waals surface area contributed by atoms with E-state index in [1.165, 1.54) is 11.0 Å². The average molecular weight is 223 g/mol. The Hall–Kier alpha value is -1.69. The van der Waals surface area contributed by atoms with Gasteiger partial charge < -0.3 is 5.11 Å². The second-order valence-corrected chi connectivity index (χ2v) is 3.97. The summed E-state index contributed by atoms with van der Waals surface area (Å²) in [7, 11) is 0. The Morgan fingerprint density at radius 1 is 1.62 bits per heavy atom. The van der Waals surface area contributed by atoms with Crippen LogP contribution in [0.2, 0.25) is 0 Å². The zero-order chi connectivity index (χ0) is 11.7. The molecule has 1 aromatic rings. The van der Waals surface area contributed by atoms with Gasteiger partial charge in [0, 0.05) is 37.3 Å². The number of carbonyl (C=O) groups excluding carboxylic acids is 1. The maximum atomic E-state index is 11.6. The predicted octanol–water partition coefficient (Wildman–Crippen LogP) is -0.576. The average Bonchev–Trinajstić information content (AvgIpc) is 2.58. The number of H-pyrrole nitrogens is 1. The van der Waals surface area contributed by atoms with E-state index in [4.69, 9.17) is 5.11 Å². The second-order valence-electron chi connectivity index (χ2n) is 3.97. The van der Waals surface area contributed by atoms with Crippen molar-refractivity contribution >= 4 is 11.9 Å². The minimum atomic E-state index is -0.275. The van der Waals surface area contributed by atoms with Crippen LogP contribution in [0.4, 0.5) is 5.95 Å². The van der Waals surface area contributed by atoms with Crippen molar-refractivity contribution in [1.82, 2.24) is 9.97 Å². The maximum Gasteiger partial charge on any atom is 0.252 e. The first-order valence-corrected chi connectivity index (χ1v) is 5.09. The number of amides is 1. The zero-order valence-electron chi connectivity index (χ0n) is 8.93. The van der Waals surface area contributed by atoms with Gasteiger partial charge in [0.2, 0.25) is 11.9 Å². The molecular formula is C10H13N3O3. The zero-order valence-corrected chi connectivity index (χ0v) is 8.93. The molecule has 1 saturated heterocycles. The van der Waals surface area contributed by atoms with Gasteiger partial charge in [-0.15, -0.1) is 0 Å². The van der Waals surface area contributed by atoms with Crippen LogP contribution in [-0.2, 0) is 4.79 Å². The molecule has 6 nitrogen and oxygen atoms in total. The first-order valence-electron chi connectivity index (χ1n) is 5.09. The molecule has 2 rings (SSSR count). The highest BCUT2D eigenvalue weighted by Crippen LogP contribution is 2.20. The van der Waals surface area contributed by atoms with Gasteiger partial charge in [0.15, 0.2) is 0 Å². The third kappa shape index (κ3) is 1.96. The summed E-state index contributed by atoms with van der Waals surface area (Å²) >= 11 is 0. The number of hydrogen-bond acceptors (Lipinski definition) is 4. The normalized spacial score (nSPS) is 20.5. The molecule has 1 aliphatic rings. The van der Waals surface area contributed by atoms with E-state index in [1.807, 2.05) is 0 Å². The lowest BCUT2D eigenvalue weighted by atomic mass is 10.1. The number of aryl methyl sites for hydroxylation is 1. The molecule has 16 heavy (non-hydrogen) atoms. The first-order chi connectivity index (χ1) is 7.60. The van der Waals surface area contributed by atoms with E-state index < -0.39 is 0 Å². The third-order valence-electron chi connectivity index (χ3n) is 2.58. The summed E-state index contributed by atoms with van der Waals surface area (Å²) in [6, 6.07) is 1.37. The van der Waals surface area contributed by atoms with Crippen molar-refractivity contribution in [1.29, 1.82) is 0 Å². The van der Waals surface area contributed by atoms with E-state index in [2.05, 4.69) is 9.97 Å². The second kappa shape index (κ2) is 4.05. The van der Waals surface area contributed by atoms with Gasteiger partial charge in [0.05, 0.1) is 0 Å². The number of aliphatic hydroxyl groups is 1. The van der Waals surface area contributed by atoms with Crippen molar-refractivity contribution in [3.8, 4) is 0 Å². The Balaban J connectivity index is 2.31. The number of nitrogens with one attached hydrogen (secondary N) is 1. The lowest BCUT2D eigenvalue weighted by Gasteiger charge is -2.14. The van der Waals surface area contributed by atoms with Crippen molar-refractivity contribution < 1.29 is 9.90 Å². The van der Waals surface area contributed by atoms with E-state index in [1.54, 1.807) is 6.92 Å². The number of aromatic nitrogens is 2. The fourth-order valence-corrected chi connectivity index (χ4v) is 1.80. The standard InChI is InChI=1S/C10H13N3O3/c1-6-2-8(15)12-10(11-6)13-4-7(5-14)3-9(13)16/h2,7,14H,3-5H2,1H3,(H,11,12,15). The fraction of sp³-hybridized carbons (Fsp3) is 0.500. The molecule has 0 saturated carbocycles. The Morgan fingerprint density at radius 2 is 2.38 bits per heavy atom. The van der Waals surface area contributed by atoms with Crippen LogP contribution >= 0.6 is 0 Å². The topological polar surface area (TPSA) is 86.3 Å². The molecule has 6 heteroatoms. The van der Waals surface area contributed by atoms with Gasteiger partial charge in [-0.1, -0.05) is 0 Å². The Morgan fingerprint density at radius 3 is 2.94 bits per heavy atom. The molecule has 1 unspecified atom stereocenters. The summed E-state index contributed by atoms with van der Waals surface area (Å²) in [4.78, 5) is 30.9. The largest absolute Gasteiger partial charge is 0.396 e. The number of aliphatic hydroxyl groups excluding tert-OH is 1. The quantitative estimate of drug-likeness (QED) is 0.702. The number of aromatic amines is 1. The SMILES string of the molecule is Cc1cc(=O)[nH]c(N2CC(CO)CC2=O)n1. The van der Waals surface area contributed by atoms with E-state index in [-0.39, 0.29) is 29.9 Å². The van der Waals surface area contributed by atoms with Crippen molar-refractivity contribution in [3.05, 3.63) is 22.1 Å². The minimum Gasteiger partial charge on any atom is -0.396 e. The molecular weight excluding hydrogens is 210 g/mol. The van der Waals surface area contributed by atoms with Crippen molar-refractivity contribution in [2.24, 2.45) is 5.92 Å². The monoisotopic (exact) mass is 223 g/mol. The van der Waals surface area contributed by atoms with Gasteiger partial charge in [-0.2, -0.15) is 0 Å². The molecule has 1 amide bonds. The predicted molar refractivity (Wildman–Crippen MR) is 57.1 cm³/mol. The summed E-state index contributed by atoms with van der Waals surface area (Å²) in [5.41, 5.74) is 0.293. The van der Waals surface area contributed by atoms with Crippen molar-refractivity contribution in [2.75, 3.05) is 18.1 Å². The summed E-state index contributed by atoms with van der Waals surface area (Å²) < 4.78 is 0. The molecule has 2 heterocycles. The number of carbonyl (C=O) groups is 1. The molecule has 2 N–H and O–H groups in total. The Bertz CT molecular complexity index is 469. The molecule has 1 atom stereocenters. The Kier molecular flexibility index (Phi) is 2.74. The van der Waals surface area contributed by atoms with Crippen LogP contribution < -0.4 is 10.5 Å². The van der Waals surface area contributed by atoms with Crippen LogP contribution in [0.5, 0.6) is 0 Å². The summed E-state index contributed by atoms with van der Waals surface area (Å²) in [6.07, 6.45) is 0.300. The molecule has 0 radical (unpaired) electrons. The summed E-state index contributed by atoms with van der Waals surface area (Å²) in [5.74, 6) is 0.0806. The molecule has 1 aliphatic heterocycles. The highest BCUT2D eigenvalue weighted by molar-refractivity contribution is 5.94. The fourth-order valence-electron chi connectivity index (χ4n) is 1.80. The molecule has 0 spiro atoms. The van der Waals surface area contributed by atoms with Gasteiger partial charge in [0.25, 0.3) is 5.56 Å². The molecule has 0 bridgehead atoms. The van der Waals surface area contributed by atoms with E-state index in [0.29, 0.717) is 18.7 Å². The number of anilines is 1. The smallest absolute Gasteiger partial charge is 0.252 e. The van der Waals surface area contributed by atoms with E-state index in [0.717, 1.165) is 0 Å². The van der Waals surface area contributed by atoms with Crippen molar-refractivity contribution in [2.45, 2.75) is 13.3 Å². The highest BCUT2D eigenvalue weighted by atomic mass is 16.3. The van der Waals surface area contributed by atoms with Gasteiger partial charge >= 0.3 is 0 Å². The van der Waals surface area contributed by atoms with Gasteiger partial charge in [-0.05, 0) is 6.92 Å². The lowest BCUT2D eigenvalue weighted by molar-refractivity contribution is -0.117. The van der Waals surface area contributed by atoms with E-state index in [9.17, 15) is 9.59 Å². The molecule has 1 fully saturated rings. The molecule has 1 aromatic heterocycles. The van der Waals surface area contributed by atoms with Crippen LogP contribution in [0.15, 0.2) is 10.9 Å². The van der Waals surface area contributed by atoms with Crippen LogP contribution in [0.1, 0.15) is 12.1 Å². The van der Waals surface area contributed by atoms with Gasteiger partial charge in [0.1, 0.15) is 0 Å². The molecule has 86 valence electrons. The molecule has 0 aliphatic carbocycles. The third-order valence-corrected chi connectivity index (χ3v) is 2.58. The minimum absolute atomic E-state index is 0.0295. The number of nitrogens with zero attached hydrogens (tertiary/aromatic N) is 2. The van der Waals surface area contributed by atoms with Crippen LogP contribution in [0.25, 0.3) is 0 Å². The Labute approximate surface area is 91.9 Å². The highest BCUT2D eigenvalue weighted by Gasteiger charge is 2.31. The number of rotatable bonds is 2. The summed E-state index contributed by atoms with van der Waals surface area (Å²) in [5, 5.41) is 8.99. The van der Waals surface area contributed by atoms with Gasteiger partial charge in [-0.25, -0.2) is 4.98 Å². The van der Waals surface area contributed by atoms with Crippen molar-refractivity contribution in [3.63, 3.8) is 0 Å². The first kappa shape index (κ1) is 10.8. The van der Waals surface area contributed by atoms with Crippen LogP contribution in [0.3, 0.4) is 0 Å². The lowest BCUT2D eigenvalue weighted by Crippen LogP contribution is -2.29. The summed E-state index contributed by atoms with van der Waals surface area (Å²) in [6.45, 7) is 2.07. The number of hydrogen-bond donors (Lipinski definition) is 2. The molecule has 0 aromatic carbocycles.